The number of aryl methyl sites for hydroxylation is 1. The molecular formula is C24H24N4O4. The summed E-state index contributed by atoms with van der Waals surface area (Å²) in [5.41, 5.74) is 2.24. The Morgan fingerprint density at radius 3 is 2.81 bits per heavy atom. The molecular weight excluding hydrogens is 408 g/mol. The number of furan rings is 2. The van der Waals surface area contributed by atoms with Crippen LogP contribution >= 0.6 is 0 Å². The van der Waals surface area contributed by atoms with Crippen LogP contribution in [0.3, 0.4) is 0 Å². The molecule has 4 aromatic rings. The molecule has 5 rings (SSSR count). The Morgan fingerprint density at radius 1 is 1.19 bits per heavy atom. The largest absolute Gasteiger partial charge is 0.467 e. The molecule has 3 aromatic heterocycles. The first kappa shape index (κ1) is 20.1. The lowest BCUT2D eigenvalue weighted by molar-refractivity contribution is -0.120. The van der Waals surface area contributed by atoms with Crippen molar-refractivity contribution < 1.29 is 18.4 Å². The van der Waals surface area contributed by atoms with Gasteiger partial charge in [-0.25, -0.2) is 4.98 Å². The third-order valence-electron chi connectivity index (χ3n) is 5.96. The Balaban J connectivity index is 1.30. The lowest BCUT2D eigenvalue weighted by Crippen LogP contribution is -2.41. The highest BCUT2D eigenvalue weighted by atomic mass is 16.3. The van der Waals surface area contributed by atoms with Gasteiger partial charge in [-0.05, 0) is 32.0 Å². The van der Waals surface area contributed by atoms with E-state index in [-0.39, 0.29) is 24.3 Å². The van der Waals surface area contributed by atoms with Crippen molar-refractivity contribution in [2.75, 3.05) is 6.54 Å². The molecule has 8 nitrogen and oxygen atoms in total. The van der Waals surface area contributed by atoms with Gasteiger partial charge >= 0.3 is 0 Å². The quantitative estimate of drug-likeness (QED) is 0.520. The maximum absolute atomic E-state index is 13.3. The number of carbonyl (C=O) groups is 2. The van der Waals surface area contributed by atoms with E-state index in [1.807, 2.05) is 54.9 Å². The number of nitrogens with one attached hydrogen (secondary N) is 1. The summed E-state index contributed by atoms with van der Waals surface area (Å²) >= 11 is 0. The van der Waals surface area contributed by atoms with Crippen molar-refractivity contribution in [2.24, 2.45) is 0 Å². The molecule has 0 fully saturated rings. The Labute approximate surface area is 184 Å². The Hall–Kier alpha value is -3.81. The van der Waals surface area contributed by atoms with Gasteiger partial charge in [-0.2, -0.15) is 0 Å². The summed E-state index contributed by atoms with van der Waals surface area (Å²) in [4.78, 5) is 32.1. The van der Waals surface area contributed by atoms with Crippen molar-refractivity contribution in [1.82, 2.24) is 19.8 Å². The fourth-order valence-corrected chi connectivity index (χ4v) is 4.24. The fraction of sp³-hybridized carbons (Fsp3) is 0.292. The minimum atomic E-state index is -0.233. The Kier molecular flexibility index (Phi) is 5.05. The summed E-state index contributed by atoms with van der Waals surface area (Å²) in [5, 5.41) is 3.78. The molecule has 1 N–H and O–H groups in total. The zero-order valence-electron chi connectivity index (χ0n) is 18.0. The number of hydrogen-bond donors (Lipinski definition) is 1. The monoisotopic (exact) mass is 432 g/mol. The lowest BCUT2D eigenvalue weighted by atomic mass is 10.1. The molecule has 0 bridgehead atoms. The Morgan fingerprint density at radius 2 is 2.03 bits per heavy atom. The van der Waals surface area contributed by atoms with E-state index in [0.29, 0.717) is 42.4 Å². The summed E-state index contributed by atoms with van der Waals surface area (Å²) in [5.74, 6) is 1.57. The molecule has 1 aromatic carbocycles. The first-order valence-electron chi connectivity index (χ1n) is 10.7. The van der Waals surface area contributed by atoms with E-state index >= 15 is 0 Å². The summed E-state index contributed by atoms with van der Waals surface area (Å²) < 4.78 is 13.1. The molecule has 0 saturated carbocycles. The van der Waals surface area contributed by atoms with Gasteiger partial charge in [0.1, 0.15) is 17.2 Å². The van der Waals surface area contributed by atoms with Gasteiger partial charge in [0.2, 0.25) is 5.91 Å². The van der Waals surface area contributed by atoms with Crippen LogP contribution in [0, 0.1) is 6.92 Å². The van der Waals surface area contributed by atoms with E-state index in [4.69, 9.17) is 8.83 Å². The first-order valence-corrected chi connectivity index (χ1v) is 10.7. The fourth-order valence-electron chi connectivity index (χ4n) is 4.24. The van der Waals surface area contributed by atoms with Gasteiger partial charge < -0.3 is 23.6 Å². The number of rotatable bonds is 5. The Bertz CT molecular complexity index is 1280. The number of hydrogen-bond acceptors (Lipinski definition) is 5. The number of benzene rings is 1. The highest BCUT2D eigenvalue weighted by Gasteiger charge is 2.33. The second kappa shape index (κ2) is 8.03. The van der Waals surface area contributed by atoms with E-state index in [2.05, 4.69) is 10.3 Å². The van der Waals surface area contributed by atoms with E-state index in [9.17, 15) is 9.59 Å². The van der Waals surface area contributed by atoms with Gasteiger partial charge in [0.25, 0.3) is 5.91 Å². The van der Waals surface area contributed by atoms with E-state index in [1.54, 1.807) is 17.2 Å². The molecule has 8 heteroatoms. The van der Waals surface area contributed by atoms with Gasteiger partial charge in [-0.15, -0.1) is 0 Å². The molecule has 1 aliphatic rings. The lowest BCUT2D eigenvalue weighted by Gasteiger charge is -2.33. The average molecular weight is 432 g/mol. The van der Waals surface area contributed by atoms with Crippen LogP contribution in [0.25, 0.3) is 11.0 Å². The highest BCUT2D eigenvalue weighted by molar-refractivity contribution is 5.99. The molecule has 1 atom stereocenters. The predicted molar refractivity (Wildman–Crippen MR) is 117 cm³/mol. The number of imidazole rings is 1. The molecule has 0 aliphatic carbocycles. The average Bonchev–Trinajstić information content (AvgIpc) is 3.52. The van der Waals surface area contributed by atoms with Crippen LogP contribution in [-0.2, 0) is 24.3 Å². The topological polar surface area (TPSA) is 93.5 Å². The van der Waals surface area contributed by atoms with Gasteiger partial charge in [0.05, 0.1) is 31.0 Å². The van der Waals surface area contributed by atoms with Crippen LogP contribution in [0.4, 0.5) is 0 Å². The SMILES string of the molecule is Cc1c(C(=O)N2CCn3cc(CC(=O)NCc4ccco4)nc3[C@H]2C)oc2ccccc12. The molecule has 0 spiro atoms. The van der Waals surface area contributed by atoms with Crippen molar-refractivity contribution in [1.29, 1.82) is 0 Å². The summed E-state index contributed by atoms with van der Waals surface area (Å²) in [6, 6.07) is 11.0. The van der Waals surface area contributed by atoms with Crippen molar-refractivity contribution in [2.45, 2.75) is 39.4 Å². The predicted octanol–water partition coefficient (Wildman–Crippen LogP) is 3.61. The van der Waals surface area contributed by atoms with Crippen molar-refractivity contribution in [3.63, 3.8) is 0 Å². The van der Waals surface area contributed by atoms with Crippen LogP contribution < -0.4 is 5.32 Å². The van der Waals surface area contributed by atoms with E-state index in [0.717, 1.165) is 16.8 Å². The zero-order valence-corrected chi connectivity index (χ0v) is 18.0. The van der Waals surface area contributed by atoms with Crippen LogP contribution in [-0.4, -0.2) is 32.8 Å². The molecule has 0 radical (unpaired) electrons. The normalized spacial score (nSPS) is 15.7. The minimum absolute atomic E-state index is 0.129. The number of nitrogens with zero attached hydrogens (tertiary/aromatic N) is 3. The third kappa shape index (κ3) is 3.57. The smallest absolute Gasteiger partial charge is 0.290 e. The molecule has 4 heterocycles. The number of aromatic nitrogens is 2. The molecule has 32 heavy (non-hydrogen) atoms. The zero-order chi connectivity index (χ0) is 22.2. The number of amides is 2. The van der Waals surface area contributed by atoms with Gasteiger partial charge in [-0.1, -0.05) is 18.2 Å². The minimum Gasteiger partial charge on any atom is -0.467 e. The maximum Gasteiger partial charge on any atom is 0.290 e. The number of fused-ring (bicyclic) bond motifs is 2. The highest BCUT2D eigenvalue weighted by Crippen LogP contribution is 2.30. The van der Waals surface area contributed by atoms with Crippen molar-refractivity contribution in [3.8, 4) is 0 Å². The summed E-state index contributed by atoms with van der Waals surface area (Å²) in [6.07, 6.45) is 3.64. The van der Waals surface area contributed by atoms with Crippen molar-refractivity contribution in [3.05, 3.63) is 77.5 Å². The first-order chi connectivity index (χ1) is 15.5. The summed E-state index contributed by atoms with van der Waals surface area (Å²) in [7, 11) is 0. The van der Waals surface area contributed by atoms with Crippen LogP contribution in [0.1, 0.15) is 46.4 Å². The summed E-state index contributed by atoms with van der Waals surface area (Å²) in [6.45, 7) is 5.37. The van der Waals surface area contributed by atoms with Gasteiger partial charge in [0.15, 0.2) is 5.76 Å². The third-order valence-corrected chi connectivity index (χ3v) is 5.96. The molecule has 0 saturated heterocycles. The van der Waals surface area contributed by atoms with Crippen molar-refractivity contribution >= 4 is 22.8 Å². The van der Waals surface area contributed by atoms with Crippen LogP contribution in [0.15, 0.2) is 57.7 Å². The second-order valence-electron chi connectivity index (χ2n) is 8.04. The molecule has 1 aliphatic heterocycles. The maximum atomic E-state index is 13.3. The van der Waals surface area contributed by atoms with E-state index < -0.39 is 0 Å². The van der Waals surface area contributed by atoms with Crippen LogP contribution in [0.2, 0.25) is 0 Å². The van der Waals surface area contributed by atoms with E-state index in [1.165, 1.54) is 0 Å². The molecule has 2 amide bonds. The van der Waals surface area contributed by atoms with Gasteiger partial charge in [0, 0.05) is 30.2 Å². The standard InChI is InChI=1S/C24H24N4O4/c1-15-19-7-3-4-8-20(19)32-22(15)24(30)28-10-9-27-14-17(26-23(27)16(28)2)12-21(29)25-13-18-6-5-11-31-18/h3-8,11,14,16H,9-10,12-13H2,1-2H3,(H,25,29)/t16-/m1/s1. The number of para-hydroxylation sites is 1. The van der Waals surface area contributed by atoms with Crippen LogP contribution in [0.5, 0.6) is 0 Å². The van der Waals surface area contributed by atoms with Gasteiger partial charge in [-0.3, -0.25) is 9.59 Å². The molecule has 0 unspecified atom stereocenters. The second-order valence-corrected chi connectivity index (χ2v) is 8.04. The number of carbonyl (C=O) groups excluding carboxylic acids is 2. The molecule has 164 valence electrons.